The van der Waals surface area contributed by atoms with Crippen LogP contribution in [0.1, 0.15) is 25.7 Å². The van der Waals surface area contributed by atoms with E-state index in [1.54, 1.807) is 0 Å². The van der Waals surface area contributed by atoms with Crippen LogP contribution in [0.15, 0.2) is 0 Å². The molecular formula is C17H28F3N7O3S. The van der Waals surface area contributed by atoms with Crippen LogP contribution in [-0.2, 0) is 10.0 Å². The molecule has 0 spiro atoms. The van der Waals surface area contributed by atoms with E-state index in [0.717, 1.165) is 38.7 Å². The molecule has 0 radical (unpaired) electrons. The highest BCUT2D eigenvalue weighted by molar-refractivity contribution is 7.88. The molecule has 10 nitrogen and oxygen atoms in total. The first kappa shape index (κ1) is 23.7. The van der Waals surface area contributed by atoms with E-state index in [9.17, 15) is 21.6 Å². The van der Waals surface area contributed by atoms with Gasteiger partial charge in [-0.15, -0.1) is 0 Å². The number of aromatic nitrogens is 3. The van der Waals surface area contributed by atoms with Crippen LogP contribution >= 0.6 is 0 Å². The Bertz CT molecular complexity index is 827. The second kappa shape index (κ2) is 10.1. The number of likely N-dealkylation sites (tertiary alicyclic amines) is 1. The summed E-state index contributed by atoms with van der Waals surface area (Å²) in [5.41, 5.74) is 0. The summed E-state index contributed by atoms with van der Waals surface area (Å²) in [7, 11) is -3.25. The molecule has 3 heterocycles. The molecule has 1 aromatic rings. The lowest BCUT2D eigenvalue weighted by molar-refractivity contribution is -0.154. The van der Waals surface area contributed by atoms with Gasteiger partial charge in [0.1, 0.15) is 0 Å². The van der Waals surface area contributed by atoms with Gasteiger partial charge in [0.15, 0.2) is 6.61 Å². The second-order valence-electron chi connectivity index (χ2n) is 7.73. The Morgan fingerprint density at radius 3 is 2.32 bits per heavy atom. The molecule has 1 aromatic heterocycles. The number of hydrogen-bond acceptors (Lipinski definition) is 9. The lowest BCUT2D eigenvalue weighted by Crippen LogP contribution is -2.42. The first-order valence-electron chi connectivity index (χ1n) is 10.2. The van der Waals surface area contributed by atoms with Crippen LogP contribution in [0.3, 0.4) is 0 Å². The lowest BCUT2D eigenvalue weighted by Gasteiger charge is -2.30. The molecule has 0 saturated carbocycles. The molecule has 14 heteroatoms. The maximum atomic E-state index is 12.5. The molecular weight excluding hydrogens is 439 g/mol. The van der Waals surface area contributed by atoms with Crippen molar-refractivity contribution in [3.8, 4) is 6.01 Å². The fraction of sp³-hybridized carbons (Fsp3) is 0.824. The third kappa shape index (κ3) is 7.92. The van der Waals surface area contributed by atoms with E-state index in [0.29, 0.717) is 32.5 Å². The zero-order valence-corrected chi connectivity index (χ0v) is 18.2. The highest BCUT2D eigenvalue weighted by Crippen LogP contribution is 2.20. The summed E-state index contributed by atoms with van der Waals surface area (Å²) in [6.07, 6.45) is 0.0182. The summed E-state index contributed by atoms with van der Waals surface area (Å²) in [6.45, 7) is 2.55. The van der Waals surface area contributed by atoms with Crippen molar-refractivity contribution >= 4 is 21.9 Å². The Morgan fingerprint density at radius 1 is 1.06 bits per heavy atom. The van der Waals surface area contributed by atoms with Crippen LogP contribution in [-0.4, -0.2) is 96.9 Å². The minimum Gasteiger partial charge on any atom is -0.454 e. The quantitative estimate of drug-likeness (QED) is 0.552. The van der Waals surface area contributed by atoms with E-state index in [4.69, 9.17) is 4.74 Å². The Morgan fingerprint density at radius 2 is 1.71 bits per heavy atom. The summed E-state index contributed by atoms with van der Waals surface area (Å²) < 4.78 is 67.0. The van der Waals surface area contributed by atoms with Crippen molar-refractivity contribution in [2.75, 3.05) is 62.8 Å². The summed E-state index contributed by atoms with van der Waals surface area (Å²) in [5, 5.41) is 6.09. The average Bonchev–Trinajstić information content (AvgIpc) is 3.19. The molecule has 0 amide bonds. The van der Waals surface area contributed by atoms with Crippen LogP contribution in [0.25, 0.3) is 0 Å². The predicted octanol–water partition coefficient (Wildman–Crippen LogP) is 1.16. The van der Waals surface area contributed by atoms with Crippen LogP contribution in [0.2, 0.25) is 0 Å². The fourth-order valence-electron chi connectivity index (χ4n) is 3.56. The first-order valence-corrected chi connectivity index (χ1v) is 12.1. The summed E-state index contributed by atoms with van der Waals surface area (Å²) in [4.78, 5) is 14.4. The average molecular weight is 468 g/mol. The van der Waals surface area contributed by atoms with Crippen LogP contribution < -0.4 is 15.4 Å². The molecule has 0 unspecified atom stereocenters. The number of ether oxygens (including phenoxy) is 1. The fourth-order valence-corrected chi connectivity index (χ4v) is 4.43. The van der Waals surface area contributed by atoms with E-state index < -0.39 is 28.8 Å². The van der Waals surface area contributed by atoms with Crippen molar-refractivity contribution in [1.82, 2.24) is 24.2 Å². The standard InChI is InChI=1S/C17H28F3N7O3S/c1-31(28,29)27-9-4-13(5-10-27)22-15-23-14(21-6-11-26-7-2-3-8-26)24-16(25-15)30-12-17(18,19)20/h13H,2-12H2,1H3,(H2,21,22,23,24,25). The maximum Gasteiger partial charge on any atom is 0.422 e. The molecule has 2 saturated heterocycles. The van der Waals surface area contributed by atoms with Gasteiger partial charge < -0.3 is 20.3 Å². The second-order valence-corrected chi connectivity index (χ2v) is 9.71. The molecule has 31 heavy (non-hydrogen) atoms. The Labute approximate surface area is 179 Å². The molecule has 2 N–H and O–H groups in total. The molecule has 0 atom stereocenters. The maximum absolute atomic E-state index is 12.5. The zero-order chi connectivity index (χ0) is 22.5. The molecule has 2 fully saturated rings. The Kier molecular flexibility index (Phi) is 7.75. The number of nitrogens with one attached hydrogen (secondary N) is 2. The zero-order valence-electron chi connectivity index (χ0n) is 17.4. The summed E-state index contributed by atoms with van der Waals surface area (Å²) >= 11 is 0. The van der Waals surface area contributed by atoms with Gasteiger partial charge in [-0.25, -0.2) is 12.7 Å². The van der Waals surface area contributed by atoms with E-state index in [-0.39, 0.29) is 17.9 Å². The predicted molar refractivity (Wildman–Crippen MR) is 109 cm³/mol. The molecule has 0 aromatic carbocycles. The van der Waals surface area contributed by atoms with Crippen molar-refractivity contribution in [3.05, 3.63) is 0 Å². The van der Waals surface area contributed by atoms with Crippen molar-refractivity contribution in [3.63, 3.8) is 0 Å². The molecule has 2 aliphatic rings. The monoisotopic (exact) mass is 467 g/mol. The summed E-state index contributed by atoms with van der Waals surface area (Å²) in [6, 6.07) is -0.541. The van der Waals surface area contributed by atoms with Gasteiger partial charge in [0.25, 0.3) is 0 Å². The number of sulfonamides is 1. The van der Waals surface area contributed by atoms with Gasteiger partial charge in [-0.2, -0.15) is 28.1 Å². The molecule has 2 aliphatic heterocycles. The Hall–Kier alpha value is -1.93. The third-order valence-electron chi connectivity index (χ3n) is 5.15. The molecule has 0 aliphatic carbocycles. The van der Waals surface area contributed by atoms with Crippen molar-refractivity contribution in [2.45, 2.75) is 37.9 Å². The van der Waals surface area contributed by atoms with Crippen LogP contribution in [0.5, 0.6) is 6.01 Å². The number of nitrogens with zero attached hydrogens (tertiary/aromatic N) is 5. The largest absolute Gasteiger partial charge is 0.454 e. The van der Waals surface area contributed by atoms with Crippen molar-refractivity contribution in [1.29, 1.82) is 0 Å². The minimum absolute atomic E-state index is 0.0913. The lowest BCUT2D eigenvalue weighted by atomic mass is 10.1. The molecule has 0 bridgehead atoms. The van der Waals surface area contributed by atoms with E-state index in [1.165, 1.54) is 4.31 Å². The Balaban J connectivity index is 1.62. The van der Waals surface area contributed by atoms with Gasteiger partial charge in [0.05, 0.1) is 6.26 Å². The third-order valence-corrected chi connectivity index (χ3v) is 6.45. The van der Waals surface area contributed by atoms with E-state index in [1.807, 2.05) is 0 Å². The topological polar surface area (TPSA) is 113 Å². The number of halogens is 3. The van der Waals surface area contributed by atoms with Crippen LogP contribution in [0.4, 0.5) is 25.1 Å². The number of anilines is 2. The van der Waals surface area contributed by atoms with Crippen molar-refractivity contribution in [2.24, 2.45) is 0 Å². The van der Waals surface area contributed by atoms with E-state index in [2.05, 4.69) is 30.5 Å². The number of alkyl halides is 3. The van der Waals surface area contributed by atoms with Gasteiger partial charge in [-0.05, 0) is 38.8 Å². The number of rotatable bonds is 9. The highest BCUT2D eigenvalue weighted by Gasteiger charge is 2.30. The van der Waals surface area contributed by atoms with E-state index >= 15 is 0 Å². The normalized spacial score (nSPS) is 19.5. The molecule has 176 valence electrons. The van der Waals surface area contributed by atoms with Crippen LogP contribution in [0, 0.1) is 0 Å². The van der Waals surface area contributed by atoms with Gasteiger partial charge in [-0.1, -0.05) is 0 Å². The first-order chi connectivity index (χ1) is 14.6. The minimum atomic E-state index is -4.51. The van der Waals surface area contributed by atoms with Gasteiger partial charge in [0, 0.05) is 32.2 Å². The smallest absolute Gasteiger partial charge is 0.422 e. The SMILES string of the molecule is CS(=O)(=O)N1CCC(Nc2nc(NCCN3CCCC3)nc(OCC(F)(F)F)n2)CC1. The number of piperidine rings is 1. The summed E-state index contributed by atoms with van der Waals surface area (Å²) in [5.74, 6) is 0.219. The highest BCUT2D eigenvalue weighted by atomic mass is 32.2. The van der Waals surface area contributed by atoms with Gasteiger partial charge >= 0.3 is 12.2 Å². The van der Waals surface area contributed by atoms with Gasteiger partial charge in [0.2, 0.25) is 21.9 Å². The number of hydrogen-bond donors (Lipinski definition) is 2. The molecule has 3 rings (SSSR count). The van der Waals surface area contributed by atoms with Gasteiger partial charge in [-0.3, -0.25) is 0 Å². The van der Waals surface area contributed by atoms with Crippen molar-refractivity contribution < 1.29 is 26.3 Å².